The highest BCUT2D eigenvalue weighted by molar-refractivity contribution is 7.99. The molecule has 2 aromatic carbocycles. The second-order valence-corrected chi connectivity index (χ2v) is 6.89. The van der Waals surface area contributed by atoms with Gasteiger partial charge in [0, 0.05) is 18.0 Å². The van der Waals surface area contributed by atoms with Gasteiger partial charge in [0.1, 0.15) is 11.2 Å². The van der Waals surface area contributed by atoms with Crippen molar-refractivity contribution in [2.45, 2.75) is 19.2 Å². The van der Waals surface area contributed by atoms with Crippen LogP contribution < -0.4 is 5.32 Å². The van der Waals surface area contributed by atoms with Crippen LogP contribution in [0.3, 0.4) is 0 Å². The van der Waals surface area contributed by atoms with E-state index in [1.54, 1.807) is 28.8 Å². The zero-order chi connectivity index (χ0) is 16.4. The second kappa shape index (κ2) is 6.62. The average molecular weight is 330 g/mol. The first-order chi connectivity index (χ1) is 11.0. The molecule has 1 saturated heterocycles. The third kappa shape index (κ3) is 3.50. The van der Waals surface area contributed by atoms with Crippen LogP contribution >= 0.6 is 11.8 Å². The molecule has 1 aliphatic rings. The molecule has 0 aliphatic carbocycles. The first-order valence-electron chi connectivity index (χ1n) is 7.56. The Morgan fingerprint density at radius 2 is 1.91 bits per heavy atom. The molecule has 1 unspecified atom stereocenters. The highest BCUT2D eigenvalue weighted by atomic mass is 32.2. The van der Waals surface area contributed by atoms with E-state index in [-0.39, 0.29) is 17.2 Å². The Bertz CT molecular complexity index is 717. The number of rotatable bonds is 2. The predicted octanol–water partition coefficient (Wildman–Crippen LogP) is 4.72. The van der Waals surface area contributed by atoms with Crippen molar-refractivity contribution in [3.63, 3.8) is 0 Å². The molecule has 5 heteroatoms. The minimum absolute atomic E-state index is 0.0675. The molecule has 1 fully saturated rings. The van der Waals surface area contributed by atoms with E-state index in [9.17, 15) is 9.18 Å². The van der Waals surface area contributed by atoms with E-state index in [0.717, 1.165) is 22.6 Å². The third-order valence-corrected chi connectivity index (χ3v) is 5.33. The molecular weight excluding hydrogens is 311 g/mol. The van der Waals surface area contributed by atoms with Gasteiger partial charge in [0.05, 0.1) is 0 Å². The molecule has 1 heterocycles. The van der Waals surface area contributed by atoms with Crippen LogP contribution in [-0.2, 0) is 0 Å². The summed E-state index contributed by atoms with van der Waals surface area (Å²) >= 11 is 1.70. The molecule has 0 spiro atoms. The van der Waals surface area contributed by atoms with Crippen molar-refractivity contribution in [3.8, 4) is 0 Å². The van der Waals surface area contributed by atoms with Gasteiger partial charge in [-0.15, -0.1) is 11.8 Å². The van der Waals surface area contributed by atoms with E-state index in [0.29, 0.717) is 6.54 Å². The quantitative estimate of drug-likeness (QED) is 0.864. The highest BCUT2D eigenvalue weighted by Gasteiger charge is 2.30. The molecule has 23 heavy (non-hydrogen) atoms. The molecule has 1 aliphatic heterocycles. The number of anilines is 1. The standard InChI is InChI=1S/C18H19FN2OS/c1-12-3-8-16(11-13(12)2)20-18(22)21-9-10-23-17(21)14-4-6-15(19)7-5-14/h3-8,11,17H,9-10H2,1-2H3,(H,20,22). The van der Waals surface area contributed by atoms with E-state index in [4.69, 9.17) is 0 Å². The Morgan fingerprint density at radius 1 is 1.17 bits per heavy atom. The van der Waals surface area contributed by atoms with E-state index < -0.39 is 0 Å². The van der Waals surface area contributed by atoms with Crippen molar-refractivity contribution in [1.82, 2.24) is 4.90 Å². The number of hydrogen-bond donors (Lipinski definition) is 1. The number of thioether (sulfide) groups is 1. The van der Waals surface area contributed by atoms with Crippen LogP contribution in [0.25, 0.3) is 0 Å². The summed E-state index contributed by atoms with van der Waals surface area (Å²) in [4.78, 5) is 14.4. The topological polar surface area (TPSA) is 32.3 Å². The fourth-order valence-corrected chi connectivity index (χ4v) is 3.85. The molecule has 120 valence electrons. The molecule has 0 saturated carbocycles. The van der Waals surface area contributed by atoms with Gasteiger partial charge in [-0.05, 0) is 54.8 Å². The lowest BCUT2D eigenvalue weighted by atomic mass is 10.1. The monoisotopic (exact) mass is 330 g/mol. The Labute approximate surface area is 139 Å². The first-order valence-corrected chi connectivity index (χ1v) is 8.61. The Kier molecular flexibility index (Phi) is 4.57. The van der Waals surface area contributed by atoms with Gasteiger partial charge in [0.2, 0.25) is 0 Å². The van der Waals surface area contributed by atoms with Crippen molar-refractivity contribution < 1.29 is 9.18 Å². The summed E-state index contributed by atoms with van der Waals surface area (Å²) in [5.74, 6) is 0.616. The molecule has 1 atom stereocenters. The van der Waals surface area contributed by atoms with Gasteiger partial charge in [-0.3, -0.25) is 0 Å². The summed E-state index contributed by atoms with van der Waals surface area (Å²) in [5, 5.41) is 2.90. The lowest BCUT2D eigenvalue weighted by Crippen LogP contribution is -2.34. The second-order valence-electron chi connectivity index (χ2n) is 5.70. The summed E-state index contributed by atoms with van der Waals surface area (Å²) in [6.07, 6.45) is 0. The maximum absolute atomic E-state index is 13.1. The van der Waals surface area contributed by atoms with Gasteiger partial charge in [-0.2, -0.15) is 0 Å². The van der Waals surface area contributed by atoms with Gasteiger partial charge < -0.3 is 10.2 Å². The summed E-state index contributed by atoms with van der Waals surface area (Å²) in [5.41, 5.74) is 4.09. The van der Waals surface area contributed by atoms with Crippen molar-refractivity contribution in [2.24, 2.45) is 0 Å². The summed E-state index contributed by atoms with van der Waals surface area (Å²) in [7, 11) is 0. The lowest BCUT2D eigenvalue weighted by molar-refractivity contribution is 0.214. The first kappa shape index (κ1) is 15.9. The minimum Gasteiger partial charge on any atom is -0.308 e. The Morgan fingerprint density at radius 3 is 2.61 bits per heavy atom. The fraction of sp³-hybridized carbons (Fsp3) is 0.278. The molecule has 0 bridgehead atoms. The number of aryl methyl sites for hydroxylation is 2. The number of carbonyl (C=O) groups excluding carboxylic acids is 1. The van der Waals surface area contributed by atoms with Crippen LogP contribution in [0, 0.1) is 19.7 Å². The van der Waals surface area contributed by atoms with E-state index in [1.807, 2.05) is 32.0 Å². The third-order valence-electron chi connectivity index (χ3n) is 4.07. The van der Waals surface area contributed by atoms with Gasteiger partial charge in [-0.25, -0.2) is 9.18 Å². The van der Waals surface area contributed by atoms with Crippen LogP contribution in [0.15, 0.2) is 42.5 Å². The molecule has 3 nitrogen and oxygen atoms in total. The molecule has 0 aromatic heterocycles. The highest BCUT2D eigenvalue weighted by Crippen LogP contribution is 2.38. The van der Waals surface area contributed by atoms with Gasteiger partial charge in [-0.1, -0.05) is 18.2 Å². The Balaban J connectivity index is 1.75. The molecule has 1 N–H and O–H groups in total. The molecule has 2 amide bonds. The van der Waals surface area contributed by atoms with Crippen LogP contribution in [-0.4, -0.2) is 23.2 Å². The normalized spacial score (nSPS) is 17.3. The predicted molar refractivity (Wildman–Crippen MR) is 93.2 cm³/mol. The van der Waals surface area contributed by atoms with Gasteiger partial charge in [0.25, 0.3) is 0 Å². The number of nitrogens with zero attached hydrogens (tertiary/aromatic N) is 1. The zero-order valence-corrected chi connectivity index (χ0v) is 14.0. The average Bonchev–Trinajstić information content (AvgIpc) is 3.01. The van der Waals surface area contributed by atoms with E-state index in [1.165, 1.54) is 17.7 Å². The molecule has 2 aromatic rings. The van der Waals surface area contributed by atoms with Crippen molar-refractivity contribution in [1.29, 1.82) is 0 Å². The number of halogens is 1. The number of nitrogens with one attached hydrogen (secondary N) is 1. The number of benzene rings is 2. The number of carbonyl (C=O) groups is 1. The van der Waals surface area contributed by atoms with Crippen molar-refractivity contribution in [2.75, 3.05) is 17.6 Å². The lowest BCUT2D eigenvalue weighted by Gasteiger charge is -2.24. The SMILES string of the molecule is Cc1ccc(NC(=O)N2CCSC2c2ccc(F)cc2)cc1C. The van der Waals surface area contributed by atoms with Crippen LogP contribution in [0.1, 0.15) is 22.1 Å². The number of hydrogen-bond acceptors (Lipinski definition) is 2. The Hall–Kier alpha value is -2.01. The van der Waals surface area contributed by atoms with Gasteiger partial charge >= 0.3 is 6.03 Å². The zero-order valence-electron chi connectivity index (χ0n) is 13.2. The summed E-state index contributed by atoms with van der Waals surface area (Å²) in [6, 6.07) is 12.1. The molecular formula is C18H19FN2OS. The molecule has 3 rings (SSSR count). The minimum atomic E-state index is -0.261. The van der Waals surface area contributed by atoms with Crippen LogP contribution in [0.5, 0.6) is 0 Å². The van der Waals surface area contributed by atoms with Crippen molar-refractivity contribution in [3.05, 3.63) is 65.0 Å². The largest absolute Gasteiger partial charge is 0.323 e. The smallest absolute Gasteiger partial charge is 0.308 e. The number of urea groups is 1. The summed E-state index contributed by atoms with van der Waals surface area (Å²) < 4.78 is 13.1. The van der Waals surface area contributed by atoms with Crippen LogP contribution in [0.4, 0.5) is 14.9 Å². The van der Waals surface area contributed by atoms with Crippen molar-refractivity contribution >= 4 is 23.5 Å². The number of amides is 2. The van der Waals surface area contributed by atoms with E-state index >= 15 is 0 Å². The van der Waals surface area contributed by atoms with E-state index in [2.05, 4.69) is 5.32 Å². The maximum Gasteiger partial charge on any atom is 0.323 e. The van der Waals surface area contributed by atoms with Crippen LogP contribution in [0.2, 0.25) is 0 Å². The summed E-state index contributed by atoms with van der Waals surface area (Å²) in [6.45, 7) is 4.75. The maximum atomic E-state index is 13.1. The molecule has 0 radical (unpaired) electrons. The van der Waals surface area contributed by atoms with Gasteiger partial charge in [0.15, 0.2) is 0 Å². The fourth-order valence-electron chi connectivity index (χ4n) is 2.60.